The number of phenolic OH excluding ortho intramolecular Hbond substituents is 3. The Morgan fingerprint density at radius 2 is 1.30 bits per heavy atom. The van der Waals surface area contributed by atoms with Gasteiger partial charge < -0.3 is 20.4 Å². The molecule has 30 heavy (non-hydrogen) atoms. The van der Waals surface area contributed by atoms with Gasteiger partial charge in [0, 0.05) is 5.56 Å². The highest BCUT2D eigenvalue weighted by Crippen LogP contribution is 2.41. The van der Waals surface area contributed by atoms with Gasteiger partial charge >= 0.3 is 5.97 Å². The summed E-state index contributed by atoms with van der Waals surface area (Å²) < 4.78 is 0. The van der Waals surface area contributed by atoms with Crippen LogP contribution in [0.5, 0.6) is 17.2 Å². The van der Waals surface area contributed by atoms with Crippen LogP contribution in [0.4, 0.5) is 0 Å². The molecule has 0 aromatic heterocycles. The molecule has 0 atom stereocenters. The highest BCUT2D eigenvalue weighted by atomic mass is 16.4. The van der Waals surface area contributed by atoms with Crippen molar-refractivity contribution < 1.29 is 25.2 Å². The van der Waals surface area contributed by atoms with E-state index in [0.717, 1.165) is 44.1 Å². The molecular formula is C25H42O5. The van der Waals surface area contributed by atoms with E-state index in [-0.39, 0.29) is 11.5 Å². The van der Waals surface area contributed by atoms with Crippen LogP contribution >= 0.6 is 0 Å². The molecule has 1 rings (SSSR count). The number of aryl methyl sites for hydroxylation is 1. The monoisotopic (exact) mass is 422 g/mol. The van der Waals surface area contributed by atoms with E-state index in [0.29, 0.717) is 23.8 Å². The van der Waals surface area contributed by atoms with Gasteiger partial charge in [0.2, 0.25) is 5.75 Å². The van der Waals surface area contributed by atoms with Gasteiger partial charge in [-0.15, -0.1) is 0 Å². The SMILES string of the molecule is CC(C)(C)CCCCCCc1cc(O)c(O)c(O)c1CCCCCC(C)(C)C(=O)O. The quantitative estimate of drug-likeness (QED) is 0.213. The minimum atomic E-state index is -0.784. The highest BCUT2D eigenvalue weighted by Gasteiger charge is 2.26. The van der Waals surface area contributed by atoms with Gasteiger partial charge in [0.15, 0.2) is 11.5 Å². The summed E-state index contributed by atoms with van der Waals surface area (Å²) in [6.07, 6.45) is 10.1. The third kappa shape index (κ3) is 8.85. The molecule has 0 heterocycles. The van der Waals surface area contributed by atoms with Crippen molar-refractivity contribution in [1.82, 2.24) is 0 Å². The first kappa shape index (κ1) is 26.1. The zero-order valence-electron chi connectivity index (χ0n) is 19.6. The average Bonchev–Trinajstić information content (AvgIpc) is 2.63. The zero-order chi connectivity index (χ0) is 22.9. The number of carboxylic acids is 1. The number of unbranched alkanes of at least 4 members (excludes halogenated alkanes) is 5. The van der Waals surface area contributed by atoms with Gasteiger partial charge in [-0.1, -0.05) is 52.9 Å². The molecule has 0 spiro atoms. The first-order valence-corrected chi connectivity index (χ1v) is 11.3. The number of aromatic hydroxyl groups is 3. The molecule has 5 nitrogen and oxygen atoms in total. The van der Waals surface area contributed by atoms with Crippen molar-refractivity contribution in [2.24, 2.45) is 10.8 Å². The van der Waals surface area contributed by atoms with E-state index < -0.39 is 17.1 Å². The normalized spacial score (nSPS) is 12.3. The molecule has 0 aliphatic heterocycles. The molecule has 5 heteroatoms. The molecule has 0 bridgehead atoms. The lowest BCUT2D eigenvalue weighted by Crippen LogP contribution is -2.23. The van der Waals surface area contributed by atoms with Gasteiger partial charge in [-0.25, -0.2) is 0 Å². The molecule has 4 N–H and O–H groups in total. The van der Waals surface area contributed by atoms with Crippen LogP contribution in [-0.2, 0) is 17.6 Å². The standard InChI is InChI=1S/C25H42O5/c1-24(2,3)15-11-7-6-9-13-18-17-20(26)22(28)21(27)19(18)14-10-8-12-16-25(4,5)23(29)30/h17,26-28H,6-16H2,1-5H3,(H,29,30). The van der Waals surface area contributed by atoms with Crippen LogP contribution in [0.2, 0.25) is 0 Å². The molecule has 172 valence electrons. The van der Waals surface area contributed by atoms with Crippen molar-refractivity contribution >= 4 is 5.97 Å². The van der Waals surface area contributed by atoms with Crippen LogP contribution in [0.3, 0.4) is 0 Å². The maximum atomic E-state index is 11.2. The molecule has 0 aliphatic carbocycles. The van der Waals surface area contributed by atoms with E-state index in [2.05, 4.69) is 20.8 Å². The van der Waals surface area contributed by atoms with E-state index in [9.17, 15) is 25.2 Å². The molecule has 0 saturated heterocycles. The molecule has 0 unspecified atom stereocenters. The summed E-state index contributed by atoms with van der Waals surface area (Å²) in [5.74, 6) is -1.73. The molecule has 0 radical (unpaired) electrons. The number of hydrogen-bond donors (Lipinski definition) is 4. The zero-order valence-corrected chi connectivity index (χ0v) is 19.6. The van der Waals surface area contributed by atoms with Crippen LogP contribution < -0.4 is 0 Å². The fourth-order valence-electron chi connectivity index (χ4n) is 3.72. The van der Waals surface area contributed by atoms with Gasteiger partial charge in [0.25, 0.3) is 0 Å². The second kappa shape index (κ2) is 11.5. The summed E-state index contributed by atoms with van der Waals surface area (Å²) in [5.41, 5.74) is 1.24. The lowest BCUT2D eigenvalue weighted by molar-refractivity contribution is -0.147. The van der Waals surface area contributed by atoms with Gasteiger partial charge in [-0.05, 0) is 69.4 Å². The number of carbonyl (C=O) groups is 1. The van der Waals surface area contributed by atoms with Gasteiger partial charge in [0.1, 0.15) is 0 Å². The Hall–Kier alpha value is -1.91. The van der Waals surface area contributed by atoms with E-state index in [1.165, 1.54) is 19.3 Å². The predicted octanol–water partition coefficient (Wildman–Crippen LogP) is 6.56. The molecule has 0 fully saturated rings. The number of hydrogen-bond acceptors (Lipinski definition) is 4. The van der Waals surface area contributed by atoms with Crippen molar-refractivity contribution in [3.8, 4) is 17.2 Å². The minimum Gasteiger partial charge on any atom is -0.504 e. The lowest BCUT2D eigenvalue weighted by Gasteiger charge is -2.19. The first-order valence-electron chi connectivity index (χ1n) is 11.3. The van der Waals surface area contributed by atoms with Gasteiger partial charge in [-0.3, -0.25) is 4.79 Å². The summed E-state index contributed by atoms with van der Waals surface area (Å²) in [6.45, 7) is 10.2. The smallest absolute Gasteiger partial charge is 0.309 e. The van der Waals surface area contributed by atoms with Gasteiger partial charge in [0.05, 0.1) is 5.41 Å². The van der Waals surface area contributed by atoms with E-state index in [1.807, 2.05) is 0 Å². The van der Waals surface area contributed by atoms with E-state index in [1.54, 1.807) is 19.9 Å². The van der Waals surface area contributed by atoms with Crippen molar-refractivity contribution in [3.63, 3.8) is 0 Å². The second-order valence-electron chi connectivity index (χ2n) is 10.5. The number of phenols is 3. The van der Waals surface area contributed by atoms with Crippen LogP contribution in [0, 0.1) is 10.8 Å². The number of rotatable bonds is 13. The molecular weight excluding hydrogens is 380 g/mol. The van der Waals surface area contributed by atoms with Crippen LogP contribution in [-0.4, -0.2) is 26.4 Å². The minimum absolute atomic E-state index is 0.219. The molecule has 1 aromatic rings. The fraction of sp³-hybridized carbons (Fsp3) is 0.720. The second-order valence-corrected chi connectivity index (χ2v) is 10.5. The number of benzene rings is 1. The van der Waals surface area contributed by atoms with Crippen molar-refractivity contribution in [2.45, 2.75) is 105 Å². The maximum Gasteiger partial charge on any atom is 0.309 e. The van der Waals surface area contributed by atoms with E-state index >= 15 is 0 Å². The average molecular weight is 423 g/mol. The first-order chi connectivity index (χ1) is 13.8. The summed E-state index contributed by atoms with van der Waals surface area (Å²) in [4.78, 5) is 11.2. The summed E-state index contributed by atoms with van der Waals surface area (Å²) >= 11 is 0. The Morgan fingerprint density at radius 3 is 1.90 bits per heavy atom. The Bertz CT molecular complexity index is 686. The lowest BCUT2D eigenvalue weighted by atomic mass is 9.86. The topological polar surface area (TPSA) is 98.0 Å². The predicted molar refractivity (Wildman–Crippen MR) is 121 cm³/mol. The number of aliphatic carboxylic acids is 1. The van der Waals surface area contributed by atoms with Crippen molar-refractivity contribution in [2.75, 3.05) is 0 Å². The van der Waals surface area contributed by atoms with Crippen molar-refractivity contribution in [1.29, 1.82) is 0 Å². The fourth-order valence-corrected chi connectivity index (χ4v) is 3.72. The Kier molecular flexibility index (Phi) is 9.99. The Balaban J connectivity index is 2.59. The molecule has 0 aliphatic rings. The molecule has 0 saturated carbocycles. The van der Waals surface area contributed by atoms with Crippen molar-refractivity contribution in [3.05, 3.63) is 17.2 Å². The van der Waals surface area contributed by atoms with Crippen LogP contribution in [0.1, 0.15) is 104 Å². The maximum absolute atomic E-state index is 11.2. The Morgan fingerprint density at radius 1 is 0.767 bits per heavy atom. The summed E-state index contributed by atoms with van der Waals surface area (Å²) in [5, 5.41) is 39.4. The van der Waals surface area contributed by atoms with E-state index in [4.69, 9.17) is 0 Å². The summed E-state index contributed by atoms with van der Waals surface area (Å²) in [7, 11) is 0. The third-order valence-electron chi connectivity index (χ3n) is 5.88. The highest BCUT2D eigenvalue weighted by molar-refractivity contribution is 5.73. The molecule has 0 amide bonds. The van der Waals surface area contributed by atoms with Gasteiger partial charge in [-0.2, -0.15) is 0 Å². The number of carboxylic acid groups (broad SMARTS) is 1. The third-order valence-corrected chi connectivity index (χ3v) is 5.88. The van der Waals surface area contributed by atoms with Crippen LogP contribution in [0.15, 0.2) is 6.07 Å². The summed E-state index contributed by atoms with van der Waals surface area (Å²) in [6, 6.07) is 1.58. The largest absolute Gasteiger partial charge is 0.504 e. The molecule has 1 aromatic carbocycles. The van der Waals surface area contributed by atoms with Crippen LogP contribution in [0.25, 0.3) is 0 Å². The Labute approximate surface area is 182 Å².